The number of fused-ring (bicyclic) bond motifs is 1. The molecule has 1 aliphatic rings. The molecular weight excluding hydrogens is 276 g/mol. The molecule has 0 nitrogen and oxygen atoms in total. The maximum Gasteiger partial charge on any atom is 0.0323 e. The molecule has 0 aliphatic heterocycles. The molecule has 1 atom stereocenters. The van der Waals surface area contributed by atoms with E-state index >= 15 is 0 Å². The fraction of sp³-hybridized carbons (Fsp3) is 0.400. The molecule has 0 saturated carbocycles. The Morgan fingerprint density at radius 3 is 2.43 bits per heavy atom. The predicted octanol–water partition coefficient (Wildman–Crippen LogP) is 5.30. The summed E-state index contributed by atoms with van der Waals surface area (Å²) in [6.45, 7) is 2.20. The first-order chi connectivity index (χ1) is 10.3. The van der Waals surface area contributed by atoms with E-state index in [1.165, 1.54) is 41.5 Å². The lowest BCUT2D eigenvalue weighted by molar-refractivity contribution is 0.396. The SMILES string of the molecule is CCc1ccc(CC2(CCl)CCCc3ccccc32)cc1. The van der Waals surface area contributed by atoms with Gasteiger partial charge in [0, 0.05) is 11.3 Å². The number of rotatable bonds is 4. The van der Waals surface area contributed by atoms with Gasteiger partial charge in [-0.3, -0.25) is 0 Å². The zero-order valence-electron chi connectivity index (χ0n) is 12.7. The van der Waals surface area contributed by atoms with E-state index in [0.29, 0.717) is 5.88 Å². The molecule has 2 aromatic rings. The van der Waals surface area contributed by atoms with Gasteiger partial charge in [-0.15, -0.1) is 11.6 Å². The van der Waals surface area contributed by atoms with Crippen LogP contribution in [0.1, 0.15) is 42.0 Å². The second kappa shape index (κ2) is 6.23. The van der Waals surface area contributed by atoms with Crippen LogP contribution in [0.25, 0.3) is 0 Å². The van der Waals surface area contributed by atoms with Crippen LogP contribution < -0.4 is 0 Å². The van der Waals surface area contributed by atoms with Crippen molar-refractivity contribution in [1.29, 1.82) is 0 Å². The number of hydrogen-bond donors (Lipinski definition) is 0. The summed E-state index contributed by atoms with van der Waals surface area (Å²) in [4.78, 5) is 0. The lowest BCUT2D eigenvalue weighted by atomic mass is 9.68. The van der Waals surface area contributed by atoms with Gasteiger partial charge in [0.1, 0.15) is 0 Å². The molecule has 110 valence electrons. The first kappa shape index (κ1) is 14.7. The largest absolute Gasteiger partial charge is 0.126 e. The van der Waals surface area contributed by atoms with Crippen LogP contribution in [0.5, 0.6) is 0 Å². The van der Waals surface area contributed by atoms with E-state index < -0.39 is 0 Å². The summed E-state index contributed by atoms with van der Waals surface area (Å²) < 4.78 is 0. The Labute approximate surface area is 133 Å². The van der Waals surface area contributed by atoms with E-state index in [0.717, 1.165) is 12.8 Å². The average molecular weight is 299 g/mol. The Balaban J connectivity index is 1.94. The monoisotopic (exact) mass is 298 g/mol. The highest BCUT2D eigenvalue weighted by Gasteiger charge is 2.35. The van der Waals surface area contributed by atoms with Gasteiger partial charge in [-0.05, 0) is 54.4 Å². The third-order valence-electron chi connectivity index (χ3n) is 4.92. The first-order valence-corrected chi connectivity index (χ1v) is 8.53. The van der Waals surface area contributed by atoms with Crippen LogP contribution in [-0.2, 0) is 24.7 Å². The molecule has 0 heterocycles. The summed E-state index contributed by atoms with van der Waals surface area (Å²) in [7, 11) is 0. The molecule has 0 radical (unpaired) electrons. The zero-order chi connectivity index (χ0) is 14.7. The fourth-order valence-electron chi connectivity index (χ4n) is 3.66. The molecule has 0 amide bonds. The first-order valence-electron chi connectivity index (χ1n) is 7.99. The molecule has 0 N–H and O–H groups in total. The van der Waals surface area contributed by atoms with Crippen molar-refractivity contribution in [3.63, 3.8) is 0 Å². The van der Waals surface area contributed by atoms with Crippen molar-refractivity contribution < 1.29 is 0 Å². The summed E-state index contributed by atoms with van der Waals surface area (Å²) in [5, 5.41) is 0. The van der Waals surface area contributed by atoms with Gasteiger partial charge < -0.3 is 0 Å². The molecule has 1 heteroatoms. The van der Waals surface area contributed by atoms with Gasteiger partial charge >= 0.3 is 0 Å². The second-order valence-electron chi connectivity index (χ2n) is 6.27. The minimum atomic E-state index is 0.115. The van der Waals surface area contributed by atoms with Crippen LogP contribution in [-0.4, -0.2) is 5.88 Å². The summed E-state index contributed by atoms with van der Waals surface area (Å²) in [6.07, 6.45) is 5.80. The molecule has 2 aromatic carbocycles. The van der Waals surface area contributed by atoms with Crippen LogP contribution in [0, 0.1) is 0 Å². The Morgan fingerprint density at radius 1 is 1.00 bits per heavy atom. The number of alkyl halides is 1. The van der Waals surface area contributed by atoms with Crippen molar-refractivity contribution in [3.8, 4) is 0 Å². The fourth-order valence-corrected chi connectivity index (χ4v) is 4.03. The van der Waals surface area contributed by atoms with Crippen LogP contribution >= 0.6 is 11.6 Å². The van der Waals surface area contributed by atoms with E-state index in [2.05, 4.69) is 55.5 Å². The molecular formula is C20H23Cl. The smallest absolute Gasteiger partial charge is 0.0323 e. The predicted molar refractivity (Wildman–Crippen MR) is 91.3 cm³/mol. The highest BCUT2D eigenvalue weighted by Crippen LogP contribution is 2.41. The van der Waals surface area contributed by atoms with Gasteiger partial charge in [-0.1, -0.05) is 55.5 Å². The quantitative estimate of drug-likeness (QED) is 0.672. The van der Waals surface area contributed by atoms with E-state index in [9.17, 15) is 0 Å². The van der Waals surface area contributed by atoms with Crippen LogP contribution in [0.4, 0.5) is 0 Å². The highest BCUT2D eigenvalue weighted by molar-refractivity contribution is 6.18. The maximum atomic E-state index is 6.47. The topological polar surface area (TPSA) is 0 Å². The Morgan fingerprint density at radius 2 is 1.71 bits per heavy atom. The third-order valence-corrected chi connectivity index (χ3v) is 5.43. The van der Waals surface area contributed by atoms with Crippen molar-refractivity contribution in [2.45, 2.75) is 44.4 Å². The summed E-state index contributed by atoms with van der Waals surface area (Å²) in [5.74, 6) is 0.708. The summed E-state index contributed by atoms with van der Waals surface area (Å²) in [6, 6.07) is 17.9. The van der Waals surface area contributed by atoms with E-state index in [1.807, 2.05) is 0 Å². The molecule has 1 unspecified atom stereocenters. The van der Waals surface area contributed by atoms with Gasteiger partial charge in [0.25, 0.3) is 0 Å². The summed E-state index contributed by atoms with van der Waals surface area (Å²) >= 11 is 6.47. The number of hydrogen-bond acceptors (Lipinski definition) is 0. The molecule has 0 fully saturated rings. The van der Waals surface area contributed by atoms with Gasteiger partial charge in [-0.2, -0.15) is 0 Å². The zero-order valence-corrected chi connectivity index (χ0v) is 13.5. The molecule has 21 heavy (non-hydrogen) atoms. The minimum absolute atomic E-state index is 0.115. The standard InChI is InChI=1S/C20H23Cl/c1-2-16-9-11-17(12-10-16)14-20(15-21)13-5-7-18-6-3-4-8-19(18)20/h3-4,6,8-12H,2,5,7,13-15H2,1H3. The van der Waals surface area contributed by atoms with Crippen LogP contribution in [0.3, 0.4) is 0 Å². The normalized spacial score (nSPS) is 21.0. The number of aryl methyl sites for hydroxylation is 2. The van der Waals surface area contributed by atoms with Crippen LogP contribution in [0.2, 0.25) is 0 Å². The average Bonchev–Trinajstić information content (AvgIpc) is 2.56. The van der Waals surface area contributed by atoms with Crippen molar-refractivity contribution in [3.05, 3.63) is 70.8 Å². The van der Waals surface area contributed by atoms with Gasteiger partial charge in [0.2, 0.25) is 0 Å². The van der Waals surface area contributed by atoms with Crippen LogP contribution in [0.15, 0.2) is 48.5 Å². The molecule has 1 aliphatic carbocycles. The number of benzene rings is 2. The molecule has 0 saturated heterocycles. The van der Waals surface area contributed by atoms with Gasteiger partial charge in [-0.25, -0.2) is 0 Å². The third kappa shape index (κ3) is 2.87. The Kier molecular flexibility index (Phi) is 4.35. The molecule has 0 spiro atoms. The maximum absolute atomic E-state index is 6.47. The lowest BCUT2D eigenvalue weighted by Gasteiger charge is -2.38. The van der Waals surface area contributed by atoms with E-state index in [1.54, 1.807) is 0 Å². The van der Waals surface area contributed by atoms with Crippen molar-refractivity contribution in [1.82, 2.24) is 0 Å². The molecule has 3 rings (SSSR count). The molecule has 0 bridgehead atoms. The Bertz CT molecular complexity index is 599. The minimum Gasteiger partial charge on any atom is -0.126 e. The lowest BCUT2D eigenvalue weighted by Crippen LogP contribution is -2.35. The Hall–Kier alpha value is -1.27. The number of halogens is 1. The van der Waals surface area contributed by atoms with Crippen molar-refractivity contribution in [2.75, 3.05) is 5.88 Å². The van der Waals surface area contributed by atoms with Gasteiger partial charge in [0.15, 0.2) is 0 Å². The highest BCUT2D eigenvalue weighted by atomic mass is 35.5. The van der Waals surface area contributed by atoms with E-state index in [4.69, 9.17) is 11.6 Å². The summed E-state index contributed by atoms with van der Waals surface area (Å²) in [5.41, 5.74) is 5.90. The molecule has 0 aromatic heterocycles. The van der Waals surface area contributed by atoms with Crippen molar-refractivity contribution in [2.24, 2.45) is 0 Å². The van der Waals surface area contributed by atoms with Crippen molar-refractivity contribution >= 4 is 11.6 Å². The van der Waals surface area contributed by atoms with Gasteiger partial charge in [0.05, 0.1) is 0 Å². The van der Waals surface area contributed by atoms with E-state index in [-0.39, 0.29) is 5.41 Å². The second-order valence-corrected chi connectivity index (χ2v) is 6.54.